The van der Waals surface area contributed by atoms with Crippen molar-refractivity contribution in [2.45, 2.75) is 13.5 Å². The molecule has 19 heavy (non-hydrogen) atoms. The third kappa shape index (κ3) is 2.78. The number of nitrogens with one attached hydrogen (secondary N) is 1. The van der Waals surface area contributed by atoms with E-state index in [4.69, 9.17) is 9.47 Å². The number of fused-ring (bicyclic) bond motifs is 1. The maximum atomic E-state index is 5.57. The number of ether oxygens (including phenoxy) is 2. The molecule has 98 valence electrons. The maximum Gasteiger partial charge on any atom is 0.161 e. The molecule has 0 spiro atoms. The van der Waals surface area contributed by atoms with Crippen molar-refractivity contribution in [3.8, 4) is 11.5 Å². The average Bonchev–Trinajstić information content (AvgIpc) is 2.46. The molecule has 1 aromatic heterocycles. The number of benzene rings is 1. The Labute approximate surface area is 112 Å². The summed E-state index contributed by atoms with van der Waals surface area (Å²) in [6.07, 6.45) is 1.84. The van der Waals surface area contributed by atoms with Gasteiger partial charge in [0.15, 0.2) is 11.5 Å². The first-order valence-corrected chi connectivity index (χ1v) is 6.36. The van der Waals surface area contributed by atoms with E-state index in [0.29, 0.717) is 13.2 Å². The summed E-state index contributed by atoms with van der Waals surface area (Å²) in [5.41, 5.74) is 3.19. The summed E-state index contributed by atoms with van der Waals surface area (Å²) in [6, 6.07) is 10.0. The molecule has 2 heterocycles. The van der Waals surface area contributed by atoms with Crippen LogP contribution in [0.3, 0.4) is 0 Å². The van der Waals surface area contributed by atoms with E-state index in [1.165, 1.54) is 0 Å². The lowest BCUT2D eigenvalue weighted by Crippen LogP contribution is -2.15. The van der Waals surface area contributed by atoms with E-state index in [-0.39, 0.29) is 0 Å². The van der Waals surface area contributed by atoms with Gasteiger partial charge in [0, 0.05) is 12.2 Å². The third-order valence-electron chi connectivity index (χ3n) is 3.01. The van der Waals surface area contributed by atoms with Crippen LogP contribution in [0.2, 0.25) is 0 Å². The van der Waals surface area contributed by atoms with E-state index in [2.05, 4.69) is 10.3 Å². The first-order valence-electron chi connectivity index (χ1n) is 6.36. The molecule has 0 saturated heterocycles. The molecule has 0 aliphatic carbocycles. The topological polar surface area (TPSA) is 43.4 Å². The van der Waals surface area contributed by atoms with Crippen molar-refractivity contribution in [2.75, 3.05) is 18.5 Å². The van der Waals surface area contributed by atoms with Gasteiger partial charge in [-0.3, -0.25) is 4.98 Å². The van der Waals surface area contributed by atoms with Crippen LogP contribution in [0.15, 0.2) is 36.5 Å². The van der Waals surface area contributed by atoms with Gasteiger partial charge < -0.3 is 14.8 Å². The maximum absolute atomic E-state index is 5.57. The lowest BCUT2D eigenvalue weighted by molar-refractivity contribution is 0.171. The summed E-state index contributed by atoms with van der Waals surface area (Å²) in [4.78, 5) is 4.25. The van der Waals surface area contributed by atoms with Gasteiger partial charge in [0.2, 0.25) is 0 Å². The fraction of sp³-hybridized carbons (Fsp3) is 0.267. The molecule has 0 fully saturated rings. The quantitative estimate of drug-likeness (QED) is 0.917. The Morgan fingerprint density at radius 1 is 1.11 bits per heavy atom. The number of hydrogen-bond acceptors (Lipinski definition) is 4. The highest BCUT2D eigenvalue weighted by molar-refractivity contribution is 5.46. The van der Waals surface area contributed by atoms with Crippen LogP contribution in [0.4, 0.5) is 5.69 Å². The number of hydrogen-bond donors (Lipinski definition) is 1. The zero-order chi connectivity index (χ0) is 13.1. The molecule has 4 nitrogen and oxygen atoms in total. The van der Waals surface area contributed by atoms with E-state index in [9.17, 15) is 0 Å². The van der Waals surface area contributed by atoms with Crippen LogP contribution in [0.25, 0.3) is 0 Å². The van der Waals surface area contributed by atoms with E-state index >= 15 is 0 Å². The standard InChI is InChI=1S/C15H16N2O2/c1-11-2-4-13(10-16-11)17-9-12-3-5-14-15(8-12)19-7-6-18-14/h2-5,8,10,17H,6-7,9H2,1H3. The molecule has 3 rings (SSSR count). The molecule has 0 unspecified atom stereocenters. The minimum absolute atomic E-state index is 0.617. The third-order valence-corrected chi connectivity index (χ3v) is 3.01. The molecule has 0 bridgehead atoms. The SMILES string of the molecule is Cc1ccc(NCc2ccc3c(c2)OCCO3)cn1. The summed E-state index contributed by atoms with van der Waals surface area (Å²) in [5, 5.41) is 3.34. The van der Waals surface area contributed by atoms with Crippen LogP contribution in [0.5, 0.6) is 11.5 Å². The Morgan fingerprint density at radius 3 is 2.74 bits per heavy atom. The second-order valence-electron chi connectivity index (χ2n) is 4.52. The monoisotopic (exact) mass is 256 g/mol. The van der Waals surface area contributed by atoms with Crippen LogP contribution in [-0.4, -0.2) is 18.2 Å². The Balaban J connectivity index is 1.68. The largest absolute Gasteiger partial charge is 0.486 e. The highest BCUT2D eigenvalue weighted by atomic mass is 16.6. The van der Waals surface area contributed by atoms with Crippen molar-refractivity contribution in [3.05, 3.63) is 47.8 Å². The molecule has 0 atom stereocenters. The second kappa shape index (κ2) is 5.18. The summed E-state index contributed by atoms with van der Waals surface area (Å²) < 4.78 is 11.1. The number of aromatic nitrogens is 1. The highest BCUT2D eigenvalue weighted by Gasteiger charge is 2.11. The van der Waals surface area contributed by atoms with Crippen molar-refractivity contribution in [2.24, 2.45) is 0 Å². The van der Waals surface area contributed by atoms with E-state index < -0.39 is 0 Å². The lowest BCUT2D eigenvalue weighted by atomic mass is 10.2. The van der Waals surface area contributed by atoms with Gasteiger partial charge in [0.1, 0.15) is 13.2 Å². The average molecular weight is 256 g/mol. The van der Waals surface area contributed by atoms with Crippen molar-refractivity contribution >= 4 is 5.69 Å². The number of nitrogens with zero attached hydrogens (tertiary/aromatic N) is 1. The van der Waals surface area contributed by atoms with Crippen LogP contribution >= 0.6 is 0 Å². The predicted molar refractivity (Wildman–Crippen MR) is 73.7 cm³/mol. The molecule has 1 aliphatic heterocycles. The normalized spacial score (nSPS) is 13.1. The minimum Gasteiger partial charge on any atom is -0.486 e. The molecular weight excluding hydrogens is 240 g/mol. The van der Waals surface area contributed by atoms with Crippen molar-refractivity contribution in [1.29, 1.82) is 0 Å². The van der Waals surface area contributed by atoms with Gasteiger partial charge in [-0.15, -0.1) is 0 Å². The molecular formula is C15H16N2O2. The molecule has 4 heteroatoms. The Kier molecular flexibility index (Phi) is 3.23. The van der Waals surface area contributed by atoms with E-state index in [1.54, 1.807) is 0 Å². The number of anilines is 1. The fourth-order valence-corrected chi connectivity index (χ4v) is 1.97. The minimum atomic E-state index is 0.617. The number of rotatable bonds is 3. The summed E-state index contributed by atoms with van der Waals surface area (Å²) >= 11 is 0. The Morgan fingerprint density at radius 2 is 1.95 bits per heavy atom. The zero-order valence-electron chi connectivity index (χ0n) is 10.8. The van der Waals surface area contributed by atoms with Crippen LogP contribution in [-0.2, 0) is 6.54 Å². The van der Waals surface area contributed by atoms with Gasteiger partial charge in [0.05, 0.1) is 11.9 Å². The first kappa shape index (κ1) is 11.8. The molecule has 1 N–H and O–H groups in total. The number of pyridine rings is 1. The molecule has 0 radical (unpaired) electrons. The highest BCUT2D eigenvalue weighted by Crippen LogP contribution is 2.30. The van der Waals surface area contributed by atoms with Gasteiger partial charge in [-0.25, -0.2) is 0 Å². The summed E-state index contributed by atoms with van der Waals surface area (Å²) in [5.74, 6) is 1.65. The first-order chi connectivity index (χ1) is 9.31. The van der Waals surface area contributed by atoms with Crippen molar-refractivity contribution in [1.82, 2.24) is 4.98 Å². The van der Waals surface area contributed by atoms with E-state index in [1.807, 2.05) is 43.5 Å². The Bertz CT molecular complexity index is 567. The predicted octanol–water partition coefficient (Wildman–Crippen LogP) is 2.77. The number of aryl methyl sites for hydroxylation is 1. The van der Waals surface area contributed by atoms with Crippen molar-refractivity contribution in [3.63, 3.8) is 0 Å². The summed E-state index contributed by atoms with van der Waals surface area (Å²) in [6.45, 7) is 3.96. The van der Waals surface area contributed by atoms with Gasteiger partial charge in [0.25, 0.3) is 0 Å². The van der Waals surface area contributed by atoms with Gasteiger partial charge >= 0.3 is 0 Å². The molecule has 1 aliphatic rings. The molecule has 0 amide bonds. The lowest BCUT2D eigenvalue weighted by Gasteiger charge is -2.19. The molecule has 2 aromatic rings. The van der Waals surface area contributed by atoms with Crippen LogP contribution < -0.4 is 14.8 Å². The molecule has 0 saturated carbocycles. The summed E-state index contributed by atoms with van der Waals surface area (Å²) in [7, 11) is 0. The van der Waals surface area contributed by atoms with Gasteiger partial charge in [-0.2, -0.15) is 0 Å². The zero-order valence-corrected chi connectivity index (χ0v) is 10.8. The fourth-order valence-electron chi connectivity index (χ4n) is 1.97. The van der Waals surface area contributed by atoms with Gasteiger partial charge in [-0.1, -0.05) is 6.07 Å². The van der Waals surface area contributed by atoms with Crippen molar-refractivity contribution < 1.29 is 9.47 Å². The smallest absolute Gasteiger partial charge is 0.161 e. The van der Waals surface area contributed by atoms with Crippen LogP contribution in [0.1, 0.15) is 11.3 Å². The Hall–Kier alpha value is -2.23. The van der Waals surface area contributed by atoms with Crippen LogP contribution in [0, 0.1) is 6.92 Å². The second-order valence-corrected chi connectivity index (χ2v) is 4.52. The van der Waals surface area contributed by atoms with Gasteiger partial charge in [-0.05, 0) is 36.8 Å². The molecule has 1 aromatic carbocycles. The van der Waals surface area contributed by atoms with E-state index in [0.717, 1.165) is 35.0 Å².